The van der Waals surface area contributed by atoms with Crippen LogP contribution < -0.4 is 0 Å². The first-order chi connectivity index (χ1) is 22.3. The molecule has 3 nitrogen and oxygen atoms in total. The number of hydrogen-bond donors (Lipinski definition) is 0. The van der Waals surface area contributed by atoms with E-state index in [0.717, 1.165) is 33.2 Å². The molecule has 0 saturated heterocycles. The summed E-state index contributed by atoms with van der Waals surface area (Å²) >= 11 is 0.250. The SMILES string of the molecule is c1ccc(-c2cccc(-c3nc(-c4ccccc4)nc(-c4cccc5c4ccc4ccc6c7ccccc7[se]c6c45)n3)c2)cc1. The minimum absolute atomic E-state index is 0.250. The van der Waals surface area contributed by atoms with E-state index in [1.165, 1.54) is 35.5 Å². The van der Waals surface area contributed by atoms with Gasteiger partial charge in [-0.15, -0.1) is 0 Å². The van der Waals surface area contributed by atoms with E-state index in [4.69, 9.17) is 15.0 Å². The molecular weight excluding hydrogens is 613 g/mol. The van der Waals surface area contributed by atoms with Crippen molar-refractivity contribution >= 4 is 55.3 Å². The Bertz CT molecular complexity index is 2540. The van der Waals surface area contributed by atoms with E-state index in [1.54, 1.807) is 0 Å². The largest absolute Gasteiger partial charge is 0.0617 e. The van der Waals surface area contributed by atoms with Crippen LogP contribution in [0.2, 0.25) is 0 Å². The summed E-state index contributed by atoms with van der Waals surface area (Å²) in [7, 11) is 0. The van der Waals surface area contributed by atoms with Crippen LogP contribution in [0.1, 0.15) is 0 Å². The van der Waals surface area contributed by atoms with Gasteiger partial charge in [0, 0.05) is 0 Å². The molecule has 9 rings (SSSR count). The van der Waals surface area contributed by atoms with Gasteiger partial charge in [-0.3, -0.25) is 0 Å². The molecule has 0 amide bonds. The first-order valence-electron chi connectivity index (χ1n) is 15.0. The predicted octanol–water partition coefficient (Wildman–Crippen LogP) is 10.2. The quantitative estimate of drug-likeness (QED) is 0.142. The number of aromatic nitrogens is 3. The summed E-state index contributed by atoms with van der Waals surface area (Å²) < 4.78 is 2.91. The summed E-state index contributed by atoms with van der Waals surface area (Å²) in [5.41, 5.74) is 5.22. The summed E-state index contributed by atoms with van der Waals surface area (Å²) in [4.78, 5) is 15.3. The van der Waals surface area contributed by atoms with Crippen molar-refractivity contribution in [2.45, 2.75) is 0 Å². The third-order valence-corrected chi connectivity index (χ3v) is 11.0. The van der Waals surface area contributed by atoms with E-state index in [0.29, 0.717) is 17.5 Å². The summed E-state index contributed by atoms with van der Waals surface area (Å²) in [5, 5.41) is 7.74. The molecule has 0 aliphatic rings. The number of hydrogen-bond acceptors (Lipinski definition) is 3. The van der Waals surface area contributed by atoms with Crippen LogP contribution in [0, 0.1) is 0 Å². The number of benzene rings is 7. The first kappa shape index (κ1) is 26.0. The monoisotopic (exact) mass is 639 g/mol. The molecule has 4 heteroatoms. The summed E-state index contributed by atoms with van der Waals surface area (Å²) in [6.07, 6.45) is 0. The summed E-state index contributed by atoms with van der Waals surface area (Å²) in [6, 6.07) is 53.5. The van der Waals surface area contributed by atoms with Gasteiger partial charge in [-0.2, -0.15) is 0 Å². The van der Waals surface area contributed by atoms with Crippen LogP contribution >= 0.6 is 0 Å². The topological polar surface area (TPSA) is 38.7 Å². The van der Waals surface area contributed by atoms with E-state index < -0.39 is 0 Å². The molecule has 0 bridgehead atoms. The number of nitrogens with zero attached hydrogens (tertiary/aromatic N) is 3. The van der Waals surface area contributed by atoms with Crippen molar-refractivity contribution in [2.75, 3.05) is 0 Å². The molecule has 0 fully saturated rings. The molecular formula is C41H25N3Se. The normalized spacial score (nSPS) is 11.6. The van der Waals surface area contributed by atoms with E-state index >= 15 is 0 Å². The average Bonchev–Trinajstić information content (AvgIpc) is 3.51. The van der Waals surface area contributed by atoms with Gasteiger partial charge < -0.3 is 0 Å². The molecule has 0 radical (unpaired) electrons. The van der Waals surface area contributed by atoms with Crippen LogP contribution in [0.4, 0.5) is 0 Å². The minimum atomic E-state index is 0.250. The first-order valence-corrected chi connectivity index (χ1v) is 16.7. The van der Waals surface area contributed by atoms with Gasteiger partial charge in [-0.1, -0.05) is 30.3 Å². The van der Waals surface area contributed by atoms with E-state index in [-0.39, 0.29) is 14.5 Å². The summed E-state index contributed by atoms with van der Waals surface area (Å²) in [6.45, 7) is 0. The van der Waals surface area contributed by atoms with Gasteiger partial charge in [0.2, 0.25) is 0 Å². The Labute approximate surface area is 266 Å². The Balaban J connectivity index is 1.29. The van der Waals surface area contributed by atoms with Crippen LogP contribution in [0.25, 0.3) is 86.1 Å². The van der Waals surface area contributed by atoms with Gasteiger partial charge in [-0.25, -0.2) is 0 Å². The van der Waals surface area contributed by atoms with Crippen LogP contribution in [0.3, 0.4) is 0 Å². The van der Waals surface area contributed by atoms with Gasteiger partial charge in [0.05, 0.1) is 0 Å². The van der Waals surface area contributed by atoms with Crippen molar-refractivity contribution in [3.05, 3.63) is 152 Å². The average molecular weight is 639 g/mol. The zero-order valence-electron chi connectivity index (χ0n) is 24.2. The molecule has 0 atom stereocenters. The van der Waals surface area contributed by atoms with Crippen LogP contribution in [-0.4, -0.2) is 29.5 Å². The maximum atomic E-state index is 5.15. The maximum absolute atomic E-state index is 5.15. The van der Waals surface area contributed by atoms with E-state index in [2.05, 4.69) is 127 Å². The van der Waals surface area contributed by atoms with E-state index in [9.17, 15) is 0 Å². The van der Waals surface area contributed by atoms with Crippen molar-refractivity contribution in [3.8, 4) is 45.3 Å². The molecule has 0 N–H and O–H groups in total. The third-order valence-electron chi connectivity index (χ3n) is 8.52. The van der Waals surface area contributed by atoms with Gasteiger partial charge in [0.15, 0.2) is 0 Å². The van der Waals surface area contributed by atoms with Crippen molar-refractivity contribution in [1.29, 1.82) is 0 Å². The second-order valence-electron chi connectivity index (χ2n) is 11.2. The molecule has 7 aromatic carbocycles. The molecule has 0 aliphatic carbocycles. The molecule has 45 heavy (non-hydrogen) atoms. The number of fused-ring (bicyclic) bond motifs is 7. The zero-order chi connectivity index (χ0) is 29.7. The molecule has 9 aromatic rings. The van der Waals surface area contributed by atoms with Crippen molar-refractivity contribution in [1.82, 2.24) is 15.0 Å². The molecule has 0 spiro atoms. The number of rotatable bonds is 4. The third kappa shape index (κ3) is 4.46. The fourth-order valence-corrected chi connectivity index (χ4v) is 9.03. The standard InChI is InChI=1S/C41H25N3Se/c1-3-11-26(12-4-1)29-15-9-16-30(25-29)40-42-39(28-13-5-2-6-14-28)43-41(44-40)35-19-10-18-33-31(35)23-21-27-22-24-34-32-17-7-8-20-36(32)45-38(34)37(27)33/h1-25H. The Morgan fingerprint density at radius 3 is 1.80 bits per heavy atom. The Hall–Kier alpha value is -5.41. The zero-order valence-corrected chi connectivity index (χ0v) is 25.9. The van der Waals surface area contributed by atoms with Gasteiger partial charge in [0.1, 0.15) is 0 Å². The van der Waals surface area contributed by atoms with Crippen molar-refractivity contribution in [2.24, 2.45) is 0 Å². The fraction of sp³-hybridized carbons (Fsp3) is 0. The van der Waals surface area contributed by atoms with Crippen LogP contribution in [0.5, 0.6) is 0 Å². The Kier molecular flexibility index (Phi) is 6.15. The van der Waals surface area contributed by atoms with E-state index in [1.807, 2.05) is 24.3 Å². The second kappa shape index (κ2) is 10.6. The molecule has 0 saturated carbocycles. The molecule has 2 aromatic heterocycles. The second-order valence-corrected chi connectivity index (χ2v) is 13.4. The van der Waals surface area contributed by atoms with Crippen molar-refractivity contribution < 1.29 is 0 Å². The van der Waals surface area contributed by atoms with Crippen LogP contribution in [0.15, 0.2) is 152 Å². The fourth-order valence-electron chi connectivity index (χ4n) is 6.36. The Morgan fingerprint density at radius 2 is 0.978 bits per heavy atom. The minimum Gasteiger partial charge on any atom is -0.0617 e. The molecule has 210 valence electrons. The van der Waals surface area contributed by atoms with Gasteiger partial charge >= 0.3 is 237 Å². The maximum Gasteiger partial charge on any atom is -0.0544 e. The summed E-state index contributed by atoms with van der Waals surface area (Å²) in [5.74, 6) is 2.00. The molecule has 2 heterocycles. The van der Waals surface area contributed by atoms with Crippen LogP contribution in [-0.2, 0) is 0 Å². The molecule has 0 unspecified atom stereocenters. The molecule has 0 aliphatic heterocycles. The van der Waals surface area contributed by atoms with Gasteiger partial charge in [-0.05, 0) is 0 Å². The van der Waals surface area contributed by atoms with Gasteiger partial charge in [0.25, 0.3) is 0 Å². The predicted molar refractivity (Wildman–Crippen MR) is 189 cm³/mol. The Morgan fingerprint density at radius 1 is 0.378 bits per heavy atom. The smallest absolute Gasteiger partial charge is 0.0544 e. The van der Waals surface area contributed by atoms with Crippen molar-refractivity contribution in [3.63, 3.8) is 0 Å².